The number of nitrogens with one attached hydrogen (secondary N) is 3. The van der Waals surface area contributed by atoms with E-state index in [-0.39, 0.29) is 48.0 Å². The minimum atomic E-state index is -3.93. The van der Waals surface area contributed by atoms with Crippen molar-refractivity contribution in [2.75, 3.05) is 38.3 Å². The molecule has 0 aromatic rings. The van der Waals surface area contributed by atoms with Gasteiger partial charge >= 0.3 is 6.09 Å². The maximum absolute atomic E-state index is 13.2. The standard InChI is InChI=1S/C28H41N4O7PS2/c1-4-5-20(10-9-19-16-41-27(31-19)30-18-7-8-18)42(35,36)29-12-24(33)23(15-40(2)3)32-28(34)39-25-17-6-11-21-22(25)14-38-26(21)37-13-17/h4,9-10,17-18,21-26,29,33H,1-2,5-8,11-16H2,3H3,(H-,30,31,32,34)/p+1. The summed E-state index contributed by atoms with van der Waals surface area (Å²) in [6, 6.07) is -0.334. The lowest BCUT2D eigenvalue weighted by Gasteiger charge is -2.36. The van der Waals surface area contributed by atoms with Crippen molar-refractivity contribution in [3.63, 3.8) is 0 Å². The van der Waals surface area contributed by atoms with Crippen LogP contribution >= 0.6 is 19.3 Å². The molecular formula is C28H42N4O7PS2+. The first kappa shape index (κ1) is 31.7. The third kappa shape index (κ3) is 8.05. The number of hydrogen-bond acceptors (Lipinski definition) is 9. The van der Waals surface area contributed by atoms with E-state index in [4.69, 9.17) is 14.2 Å². The van der Waals surface area contributed by atoms with E-state index in [0.717, 1.165) is 36.5 Å². The monoisotopic (exact) mass is 641 g/mol. The summed E-state index contributed by atoms with van der Waals surface area (Å²) in [4.78, 5) is 17.8. The molecule has 6 fully saturated rings. The van der Waals surface area contributed by atoms with E-state index in [2.05, 4.69) is 33.2 Å². The smallest absolute Gasteiger partial charge is 0.407 e. The zero-order chi connectivity index (χ0) is 29.9. The second-order valence-corrected chi connectivity index (χ2v) is 16.5. The highest BCUT2D eigenvalue weighted by Gasteiger charge is 2.52. The number of carbonyl (C=O) groups excluding carboxylic acids is 1. The maximum atomic E-state index is 13.2. The van der Waals surface area contributed by atoms with Crippen molar-refractivity contribution in [3.8, 4) is 0 Å². The van der Waals surface area contributed by atoms with Gasteiger partial charge in [-0.2, -0.15) is 0 Å². The summed E-state index contributed by atoms with van der Waals surface area (Å²) >= 11 is 1.60. The summed E-state index contributed by atoms with van der Waals surface area (Å²) in [6.07, 6.45) is 11.2. The summed E-state index contributed by atoms with van der Waals surface area (Å²) < 4.78 is 46.4. The molecule has 4 heterocycles. The molecule has 8 atom stereocenters. The van der Waals surface area contributed by atoms with Crippen LogP contribution in [0.1, 0.15) is 32.1 Å². The number of allylic oxidation sites excluding steroid dienone is 4. The number of amidine groups is 1. The fourth-order valence-corrected chi connectivity index (χ4v) is 8.90. The lowest BCUT2D eigenvalue weighted by Crippen LogP contribution is -2.52. The van der Waals surface area contributed by atoms with Gasteiger partial charge in [0.1, 0.15) is 12.3 Å². The van der Waals surface area contributed by atoms with Crippen molar-refractivity contribution < 1.29 is 32.5 Å². The highest BCUT2D eigenvalue weighted by molar-refractivity contribution is 8.14. The van der Waals surface area contributed by atoms with Crippen molar-refractivity contribution in [1.29, 1.82) is 0 Å². The third-order valence-corrected chi connectivity index (χ3v) is 11.7. The number of alkyl carbamates (subject to hydrolysis) is 1. The fraction of sp³-hybridized carbons (Fsp3) is 0.679. The number of thioether (sulfide) groups is 1. The Bertz CT molecular complexity index is 1250. The third-order valence-electron chi connectivity index (χ3n) is 8.23. The molecule has 0 spiro atoms. The number of nitrogens with zero attached hydrogens (tertiary/aromatic N) is 1. The van der Waals surface area contributed by atoms with Crippen molar-refractivity contribution >= 4 is 46.9 Å². The summed E-state index contributed by atoms with van der Waals surface area (Å²) in [5, 5.41) is 17.9. The van der Waals surface area contributed by atoms with E-state index < -0.39 is 35.8 Å². The van der Waals surface area contributed by atoms with Gasteiger partial charge in [-0.3, -0.25) is 4.99 Å². The van der Waals surface area contributed by atoms with Gasteiger partial charge in [-0.05, 0) is 37.8 Å². The molecule has 0 aromatic carbocycles. The van der Waals surface area contributed by atoms with E-state index in [1.54, 1.807) is 23.9 Å². The molecule has 2 saturated carbocycles. The topological polar surface area (TPSA) is 148 Å². The van der Waals surface area contributed by atoms with Crippen molar-refractivity contribution in [2.24, 2.45) is 22.7 Å². The molecular weight excluding hydrogens is 599 g/mol. The number of fused-ring (bicyclic) bond motifs is 2. The Labute approximate surface area is 253 Å². The Balaban J connectivity index is 1.18. The molecule has 8 unspecified atom stereocenters. The fourth-order valence-electron chi connectivity index (χ4n) is 5.84. The van der Waals surface area contributed by atoms with Gasteiger partial charge in [0.15, 0.2) is 11.5 Å². The van der Waals surface area contributed by atoms with Gasteiger partial charge in [-0.1, -0.05) is 17.8 Å². The molecule has 232 valence electrons. The largest absolute Gasteiger partial charge is 0.445 e. The SMILES string of the molecule is C=CCC(=CC=C1CSC(=NC2CC2)N1)S(=O)(=O)NCC(O)C(C[P+](=C)C)NC(=O)OC1C2CCC3C(OC2)OCC31. The van der Waals surface area contributed by atoms with Crippen molar-refractivity contribution in [2.45, 2.75) is 62.7 Å². The van der Waals surface area contributed by atoms with Gasteiger partial charge in [0.2, 0.25) is 10.0 Å². The van der Waals surface area contributed by atoms with Crippen LogP contribution in [0, 0.1) is 17.8 Å². The number of rotatable bonds is 13. The lowest BCUT2D eigenvalue weighted by atomic mass is 9.74. The molecule has 42 heavy (non-hydrogen) atoms. The minimum Gasteiger partial charge on any atom is -0.445 e. The summed E-state index contributed by atoms with van der Waals surface area (Å²) in [5.74, 6) is 1.11. The number of aliphatic hydroxyl groups excluding tert-OH is 1. The average molecular weight is 642 g/mol. The highest BCUT2D eigenvalue weighted by atomic mass is 32.2. The number of aliphatic imine (C=N–C) groups is 1. The molecule has 4 bridgehead atoms. The molecule has 11 nitrogen and oxygen atoms in total. The first-order chi connectivity index (χ1) is 20.1. The predicted octanol–water partition coefficient (Wildman–Crippen LogP) is 2.50. The van der Waals surface area contributed by atoms with E-state index in [9.17, 15) is 18.3 Å². The van der Waals surface area contributed by atoms with E-state index in [1.807, 2.05) is 6.66 Å². The molecule has 4 aliphatic heterocycles. The highest BCUT2D eigenvalue weighted by Crippen LogP contribution is 2.46. The van der Waals surface area contributed by atoms with Crippen molar-refractivity contribution in [1.82, 2.24) is 15.4 Å². The Hall–Kier alpha value is -1.73. The zero-order valence-electron chi connectivity index (χ0n) is 23.9. The number of aliphatic hydroxyl groups is 1. The Morgan fingerprint density at radius 1 is 1.29 bits per heavy atom. The number of carbonyl (C=O) groups is 1. The predicted molar refractivity (Wildman–Crippen MR) is 167 cm³/mol. The maximum Gasteiger partial charge on any atom is 0.407 e. The Morgan fingerprint density at radius 3 is 2.81 bits per heavy atom. The van der Waals surface area contributed by atoms with Crippen molar-refractivity contribution in [3.05, 3.63) is 35.4 Å². The molecule has 0 radical (unpaired) electrons. The molecule has 6 rings (SSSR count). The number of sulfonamides is 1. The quantitative estimate of drug-likeness (QED) is 0.176. The molecule has 4 saturated heterocycles. The van der Waals surface area contributed by atoms with Crippen LogP contribution in [0.2, 0.25) is 0 Å². The summed E-state index contributed by atoms with van der Waals surface area (Å²) in [5.41, 5.74) is 0.874. The summed E-state index contributed by atoms with van der Waals surface area (Å²) in [7, 11) is -4.69. The Morgan fingerprint density at radius 2 is 2.07 bits per heavy atom. The van der Waals surface area contributed by atoms with Gasteiger partial charge < -0.3 is 30.0 Å². The number of ether oxygens (including phenoxy) is 3. The van der Waals surface area contributed by atoms with Crippen LogP contribution in [0.5, 0.6) is 0 Å². The summed E-state index contributed by atoms with van der Waals surface area (Å²) in [6.45, 7) is 6.33. The van der Waals surface area contributed by atoms with Crippen LogP contribution in [-0.2, 0) is 24.2 Å². The zero-order valence-corrected chi connectivity index (χ0v) is 26.5. The van der Waals surface area contributed by atoms with Gasteiger partial charge in [-0.15, -0.1) is 6.58 Å². The molecule has 1 amide bonds. The average Bonchev–Trinajstić information content (AvgIpc) is 3.58. The second-order valence-electron chi connectivity index (χ2n) is 11.7. The first-order valence-corrected chi connectivity index (χ1v) is 19.1. The first-order valence-electron chi connectivity index (χ1n) is 14.5. The Kier molecular flexibility index (Phi) is 10.5. The van der Waals surface area contributed by atoms with Crippen LogP contribution in [0.4, 0.5) is 4.79 Å². The van der Waals surface area contributed by atoms with Gasteiger partial charge in [0, 0.05) is 42.2 Å². The van der Waals surface area contributed by atoms with Crippen LogP contribution in [0.15, 0.2) is 40.4 Å². The second kappa shape index (κ2) is 13.9. The van der Waals surface area contributed by atoms with Crippen LogP contribution < -0.4 is 15.4 Å². The van der Waals surface area contributed by atoms with Gasteiger partial charge in [0.25, 0.3) is 0 Å². The van der Waals surface area contributed by atoms with Gasteiger partial charge in [0.05, 0.1) is 56.8 Å². The number of hydrogen-bond donors (Lipinski definition) is 4. The van der Waals surface area contributed by atoms with Crippen LogP contribution in [0.25, 0.3) is 0 Å². The van der Waals surface area contributed by atoms with Crippen LogP contribution in [-0.4, -0.2) is 100 Å². The normalized spacial score (nSPS) is 32.8. The van der Waals surface area contributed by atoms with E-state index in [0.29, 0.717) is 31.2 Å². The van der Waals surface area contributed by atoms with E-state index in [1.165, 1.54) is 6.08 Å². The number of amides is 1. The molecule has 0 aromatic heterocycles. The molecule has 14 heteroatoms. The minimum absolute atomic E-state index is 0.0912. The molecule has 4 N–H and O–H groups in total. The molecule has 6 aliphatic rings. The lowest BCUT2D eigenvalue weighted by molar-refractivity contribution is -0.135. The van der Waals surface area contributed by atoms with E-state index >= 15 is 0 Å². The van der Waals surface area contributed by atoms with Gasteiger partial charge in [-0.25, -0.2) is 17.9 Å². The molecule has 2 aliphatic carbocycles. The van der Waals surface area contributed by atoms with Crippen LogP contribution in [0.3, 0.4) is 0 Å².